The van der Waals surface area contributed by atoms with Crippen molar-refractivity contribution in [2.24, 2.45) is 23.2 Å². The third-order valence-corrected chi connectivity index (χ3v) is 6.09. The molecular formula is C22H29NO. The molecule has 2 aromatic rings. The van der Waals surface area contributed by atoms with Crippen molar-refractivity contribution >= 4 is 10.9 Å². The highest BCUT2D eigenvalue weighted by molar-refractivity contribution is 5.82. The molecule has 1 N–H and O–H groups in total. The van der Waals surface area contributed by atoms with Gasteiger partial charge in [-0.3, -0.25) is 4.98 Å². The molecule has 5 unspecified atom stereocenters. The fraction of sp³-hybridized carbons (Fsp3) is 0.500. The zero-order valence-corrected chi connectivity index (χ0v) is 15.1. The van der Waals surface area contributed by atoms with Crippen LogP contribution < -0.4 is 0 Å². The van der Waals surface area contributed by atoms with Crippen molar-refractivity contribution < 1.29 is 5.11 Å². The van der Waals surface area contributed by atoms with Gasteiger partial charge in [0.1, 0.15) is 0 Å². The third kappa shape index (κ3) is 2.88. The molecule has 0 saturated heterocycles. The normalized spacial score (nSPS) is 28.5. The largest absolute Gasteiger partial charge is 0.388 e. The number of benzene rings is 1. The minimum Gasteiger partial charge on any atom is -0.388 e. The van der Waals surface area contributed by atoms with Crippen LogP contribution in [0.25, 0.3) is 10.9 Å². The van der Waals surface area contributed by atoms with Crippen LogP contribution in [0.2, 0.25) is 0 Å². The van der Waals surface area contributed by atoms with E-state index < -0.39 is 6.10 Å². The van der Waals surface area contributed by atoms with Crippen LogP contribution in [0.4, 0.5) is 0 Å². The lowest BCUT2D eigenvalue weighted by Crippen LogP contribution is -2.15. The average Bonchev–Trinajstić information content (AvgIpc) is 3.15. The van der Waals surface area contributed by atoms with Crippen LogP contribution >= 0.6 is 0 Å². The summed E-state index contributed by atoms with van der Waals surface area (Å²) in [6, 6.07) is 10.0. The maximum Gasteiger partial charge on any atom is 0.0822 e. The van der Waals surface area contributed by atoms with Gasteiger partial charge in [-0.15, -0.1) is 6.58 Å². The SMILES string of the molecule is C=CC1C(CCC)C1(C)CC(C)C(O)c1ccnc2ccccc12. The Bertz CT molecular complexity index is 719. The summed E-state index contributed by atoms with van der Waals surface area (Å²) in [6.07, 6.45) is 6.99. The zero-order chi connectivity index (χ0) is 17.3. The monoisotopic (exact) mass is 323 g/mol. The zero-order valence-electron chi connectivity index (χ0n) is 15.1. The molecule has 2 nitrogen and oxygen atoms in total. The Hall–Kier alpha value is -1.67. The van der Waals surface area contributed by atoms with Gasteiger partial charge in [0.2, 0.25) is 0 Å². The van der Waals surface area contributed by atoms with E-state index in [1.165, 1.54) is 12.8 Å². The molecule has 0 bridgehead atoms. The van der Waals surface area contributed by atoms with E-state index in [4.69, 9.17) is 0 Å². The topological polar surface area (TPSA) is 33.1 Å². The number of para-hydroxylation sites is 1. The summed E-state index contributed by atoms with van der Waals surface area (Å²) in [6.45, 7) is 10.8. The van der Waals surface area contributed by atoms with Crippen LogP contribution in [0, 0.1) is 23.2 Å². The molecule has 128 valence electrons. The predicted octanol–water partition coefficient (Wildman–Crippen LogP) is 5.53. The molecular weight excluding hydrogens is 294 g/mol. The maximum absolute atomic E-state index is 11.0. The molecule has 0 radical (unpaired) electrons. The number of pyridine rings is 1. The van der Waals surface area contributed by atoms with Crippen LogP contribution in [0.5, 0.6) is 0 Å². The van der Waals surface area contributed by atoms with Gasteiger partial charge in [0.05, 0.1) is 11.6 Å². The first-order chi connectivity index (χ1) is 11.5. The fourth-order valence-electron chi connectivity index (χ4n) is 4.73. The Balaban J connectivity index is 1.80. The van der Waals surface area contributed by atoms with Gasteiger partial charge in [0, 0.05) is 11.6 Å². The molecule has 24 heavy (non-hydrogen) atoms. The number of nitrogens with zero attached hydrogens (tertiary/aromatic N) is 1. The number of hydrogen-bond donors (Lipinski definition) is 1. The molecule has 1 saturated carbocycles. The van der Waals surface area contributed by atoms with Crippen molar-refractivity contribution in [1.82, 2.24) is 4.98 Å². The molecule has 1 heterocycles. The number of hydrogen-bond acceptors (Lipinski definition) is 2. The van der Waals surface area contributed by atoms with E-state index in [-0.39, 0.29) is 5.92 Å². The Morgan fingerprint density at radius 2 is 2.08 bits per heavy atom. The number of allylic oxidation sites excluding steroid dienone is 1. The first-order valence-electron chi connectivity index (χ1n) is 9.17. The Kier molecular flexibility index (Phi) is 4.78. The molecule has 0 spiro atoms. The summed E-state index contributed by atoms with van der Waals surface area (Å²) in [5.74, 6) is 1.54. The highest BCUT2D eigenvalue weighted by Crippen LogP contribution is 2.65. The predicted molar refractivity (Wildman–Crippen MR) is 101 cm³/mol. The van der Waals surface area contributed by atoms with E-state index in [0.717, 1.165) is 28.8 Å². The average molecular weight is 323 g/mol. The lowest BCUT2D eigenvalue weighted by molar-refractivity contribution is 0.0988. The molecule has 5 atom stereocenters. The van der Waals surface area contributed by atoms with Gasteiger partial charge in [-0.1, -0.05) is 51.5 Å². The second kappa shape index (κ2) is 6.68. The van der Waals surface area contributed by atoms with Crippen LogP contribution in [0.3, 0.4) is 0 Å². The van der Waals surface area contributed by atoms with Crippen LogP contribution in [-0.2, 0) is 0 Å². The van der Waals surface area contributed by atoms with Crippen molar-refractivity contribution in [2.45, 2.75) is 46.1 Å². The van der Waals surface area contributed by atoms with Gasteiger partial charge in [-0.25, -0.2) is 0 Å². The van der Waals surface area contributed by atoms with Crippen molar-refractivity contribution in [3.05, 3.63) is 54.7 Å². The summed E-state index contributed by atoms with van der Waals surface area (Å²) >= 11 is 0. The third-order valence-electron chi connectivity index (χ3n) is 6.09. The second-order valence-corrected chi connectivity index (χ2v) is 7.71. The Morgan fingerprint density at radius 3 is 2.79 bits per heavy atom. The Labute approximate surface area is 145 Å². The van der Waals surface area contributed by atoms with Gasteiger partial charge >= 0.3 is 0 Å². The van der Waals surface area contributed by atoms with E-state index >= 15 is 0 Å². The first-order valence-corrected chi connectivity index (χ1v) is 9.17. The van der Waals surface area contributed by atoms with Gasteiger partial charge in [0.25, 0.3) is 0 Å². The van der Waals surface area contributed by atoms with E-state index in [1.807, 2.05) is 24.3 Å². The number of aliphatic hydroxyl groups excluding tert-OH is 1. The van der Waals surface area contributed by atoms with Gasteiger partial charge in [0.15, 0.2) is 0 Å². The van der Waals surface area contributed by atoms with Crippen molar-refractivity contribution in [3.8, 4) is 0 Å². The minimum atomic E-state index is -0.455. The van der Waals surface area contributed by atoms with Crippen molar-refractivity contribution in [1.29, 1.82) is 0 Å². The molecule has 1 aromatic carbocycles. The van der Waals surface area contributed by atoms with Gasteiger partial charge < -0.3 is 5.11 Å². The van der Waals surface area contributed by atoms with Gasteiger partial charge in [-0.05, 0) is 53.7 Å². The van der Waals surface area contributed by atoms with Crippen LogP contribution in [0.15, 0.2) is 49.2 Å². The second-order valence-electron chi connectivity index (χ2n) is 7.71. The molecule has 0 aliphatic heterocycles. The molecule has 3 rings (SSSR count). The summed E-state index contributed by atoms with van der Waals surface area (Å²) < 4.78 is 0. The standard InChI is InChI=1S/C22H29NO/c1-5-9-19-18(6-2)22(19,4)14-15(3)21(24)17-12-13-23-20-11-8-7-10-16(17)20/h6-8,10-13,15,18-19,21,24H,2,5,9,14H2,1,3-4H3. The number of rotatable bonds is 7. The highest BCUT2D eigenvalue weighted by Gasteiger charge is 2.58. The lowest BCUT2D eigenvalue weighted by atomic mass is 9.84. The molecule has 1 aromatic heterocycles. The molecule has 1 aliphatic carbocycles. The quantitative estimate of drug-likeness (QED) is 0.679. The lowest BCUT2D eigenvalue weighted by Gasteiger charge is -2.24. The van der Waals surface area contributed by atoms with Crippen molar-refractivity contribution in [2.75, 3.05) is 0 Å². The van der Waals surface area contributed by atoms with E-state index in [0.29, 0.717) is 11.3 Å². The van der Waals surface area contributed by atoms with E-state index in [2.05, 4.69) is 44.5 Å². The van der Waals surface area contributed by atoms with Crippen LogP contribution in [-0.4, -0.2) is 10.1 Å². The molecule has 0 amide bonds. The van der Waals surface area contributed by atoms with Crippen LogP contribution in [0.1, 0.15) is 51.7 Å². The highest BCUT2D eigenvalue weighted by atomic mass is 16.3. The maximum atomic E-state index is 11.0. The summed E-state index contributed by atoms with van der Waals surface area (Å²) in [5, 5.41) is 12.1. The first kappa shape index (κ1) is 17.2. The number of aliphatic hydroxyl groups is 1. The summed E-state index contributed by atoms with van der Waals surface area (Å²) in [7, 11) is 0. The summed E-state index contributed by atoms with van der Waals surface area (Å²) in [4.78, 5) is 4.41. The van der Waals surface area contributed by atoms with Crippen molar-refractivity contribution in [3.63, 3.8) is 0 Å². The molecule has 1 aliphatic rings. The van der Waals surface area contributed by atoms with E-state index in [1.54, 1.807) is 6.20 Å². The summed E-state index contributed by atoms with van der Waals surface area (Å²) in [5.41, 5.74) is 2.24. The number of fused-ring (bicyclic) bond motifs is 1. The van der Waals surface area contributed by atoms with Gasteiger partial charge in [-0.2, -0.15) is 0 Å². The smallest absolute Gasteiger partial charge is 0.0822 e. The molecule has 1 fully saturated rings. The fourth-order valence-corrected chi connectivity index (χ4v) is 4.73. The minimum absolute atomic E-state index is 0.213. The Morgan fingerprint density at radius 1 is 1.33 bits per heavy atom. The van der Waals surface area contributed by atoms with E-state index in [9.17, 15) is 5.11 Å². The molecule has 2 heteroatoms. The number of aromatic nitrogens is 1.